The Kier molecular flexibility index (Phi) is 4.35. The number of thiophene rings is 1. The molecule has 2 amide bonds. The van der Waals surface area contributed by atoms with Crippen LogP contribution in [-0.4, -0.2) is 48.0 Å². The predicted molar refractivity (Wildman–Crippen MR) is 109 cm³/mol. The van der Waals surface area contributed by atoms with Gasteiger partial charge in [0.2, 0.25) is 0 Å². The molecule has 29 heavy (non-hydrogen) atoms. The number of ether oxygens (including phenoxy) is 2. The van der Waals surface area contributed by atoms with Gasteiger partial charge in [-0.2, -0.15) is 0 Å². The van der Waals surface area contributed by atoms with Crippen molar-refractivity contribution in [1.29, 1.82) is 0 Å². The highest BCUT2D eigenvalue weighted by Crippen LogP contribution is 2.39. The second-order valence-corrected chi connectivity index (χ2v) is 8.16. The van der Waals surface area contributed by atoms with Gasteiger partial charge in [-0.05, 0) is 36.2 Å². The lowest BCUT2D eigenvalue weighted by Gasteiger charge is -2.21. The summed E-state index contributed by atoms with van der Waals surface area (Å²) in [5.74, 6) is 0.818. The lowest BCUT2D eigenvalue weighted by atomic mass is 9.95. The molecule has 1 atom stereocenters. The van der Waals surface area contributed by atoms with E-state index in [1.807, 2.05) is 17.0 Å². The minimum absolute atomic E-state index is 0.0524. The molecule has 5 rings (SSSR count). The number of carbonyl (C=O) groups excluding carboxylic acids is 2. The fourth-order valence-electron chi connectivity index (χ4n) is 4.08. The van der Waals surface area contributed by atoms with Crippen LogP contribution in [0.3, 0.4) is 0 Å². The molecule has 8 heteroatoms. The zero-order valence-electron chi connectivity index (χ0n) is 15.6. The second kappa shape index (κ2) is 7.04. The number of aromatic nitrogens is 1. The molecule has 3 aromatic rings. The van der Waals surface area contributed by atoms with Gasteiger partial charge in [0.1, 0.15) is 18.0 Å². The van der Waals surface area contributed by atoms with Crippen molar-refractivity contribution in [3.8, 4) is 11.5 Å². The summed E-state index contributed by atoms with van der Waals surface area (Å²) in [6, 6.07) is 9.10. The zero-order valence-corrected chi connectivity index (χ0v) is 16.4. The molecule has 148 valence electrons. The fraction of sp³-hybridized carbons (Fsp3) is 0.286. The molecule has 2 aliphatic rings. The Morgan fingerprint density at radius 2 is 2.00 bits per heavy atom. The van der Waals surface area contributed by atoms with E-state index in [9.17, 15) is 9.59 Å². The van der Waals surface area contributed by atoms with E-state index in [-0.39, 0.29) is 11.8 Å². The molecule has 0 bridgehead atoms. The smallest absolute Gasteiger partial charge is 0.259 e. The molecule has 1 saturated heterocycles. The Morgan fingerprint density at radius 3 is 2.83 bits per heavy atom. The van der Waals surface area contributed by atoms with Crippen molar-refractivity contribution in [2.24, 2.45) is 5.73 Å². The molecule has 2 N–H and O–H groups in total. The summed E-state index contributed by atoms with van der Waals surface area (Å²) in [4.78, 5) is 32.6. The second-order valence-electron chi connectivity index (χ2n) is 7.16. The van der Waals surface area contributed by atoms with E-state index in [0.717, 1.165) is 22.2 Å². The third-order valence-corrected chi connectivity index (χ3v) is 6.55. The largest absolute Gasteiger partial charge is 0.486 e. The van der Waals surface area contributed by atoms with Gasteiger partial charge < -0.3 is 20.1 Å². The normalized spacial score (nSPS) is 18.2. The van der Waals surface area contributed by atoms with E-state index >= 15 is 0 Å². The number of fused-ring (bicyclic) bond motifs is 2. The third-order valence-electron chi connectivity index (χ3n) is 5.40. The van der Waals surface area contributed by atoms with Crippen LogP contribution in [-0.2, 0) is 0 Å². The number of pyridine rings is 1. The van der Waals surface area contributed by atoms with Crippen molar-refractivity contribution in [2.45, 2.75) is 12.3 Å². The summed E-state index contributed by atoms with van der Waals surface area (Å²) in [6.45, 7) is 2.15. The third kappa shape index (κ3) is 3.09. The summed E-state index contributed by atoms with van der Waals surface area (Å²) < 4.78 is 11.1. The standard InChI is InChI=1S/C21H19N3O4S/c22-19(25)18-17(14-2-1-6-23-20(14)29-18)13-5-7-24(11-13)21(26)12-3-4-15-16(10-12)28-9-8-27-15/h1-4,6,10,13H,5,7-9,11H2,(H2,22,25). The van der Waals surface area contributed by atoms with Gasteiger partial charge in [0, 0.05) is 36.2 Å². The average Bonchev–Trinajstić information content (AvgIpc) is 3.37. The van der Waals surface area contributed by atoms with E-state index in [2.05, 4.69) is 4.98 Å². The van der Waals surface area contributed by atoms with Gasteiger partial charge in [0.15, 0.2) is 11.5 Å². The lowest BCUT2D eigenvalue weighted by Crippen LogP contribution is -2.29. The Balaban J connectivity index is 1.42. The van der Waals surface area contributed by atoms with Crippen LogP contribution in [0, 0.1) is 0 Å². The highest BCUT2D eigenvalue weighted by Gasteiger charge is 2.33. The molecule has 2 aliphatic heterocycles. The first-order valence-corrected chi connectivity index (χ1v) is 10.3. The SMILES string of the molecule is NC(=O)c1sc2ncccc2c1C1CCN(C(=O)c2ccc3c(c2)OCCO3)C1. The van der Waals surface area contributed by atoms with Gasteiger partial charge in [0.25, 0.3) is 11.8 Å². The van der Waals surface area contributed by atoms with Crippen LogP contribution in [0.2, 0.25) is 0 Å². The van der Waals surface area contributed by atoms with Crippen LogP contribution in [0.1, 0.15) is 37.9 Å². The van der Waals surface area contributed by atoms with Crippen LogP contribution in [0.4, 0.5) is 0 Å². The van der Waals surface area contributed by atoms with Crippen LogP contribution in [0.5, 0.6) is 11.5 Å². The monoisotopic (exact) mass is 409 g/mol. The van der Waals surface area contributed by atoms with Crippen LogP contribution in [0.15, 0.2) is 36.5 Å². The van der Waals surface area contributed by atoms with E-state index < -0.39 is 5.91 Å². The predicted octanol–water partition coefficient (Wildman–Crippen LogP) is 2.80. The first-order chi connectivity index (χ1) is 14.1. The molecular weight excluding hydrogens is 390 g/mol. The maximum absolute atomic E-state index is 13.1. The highest BCUT2D eigenvalue weighted by atomic mass is 32.1. The maximum Gasteiger partial charge on any atom is 0.259 e. The molecule has 1 aromatic carbocycles. The first kappa shape index (κ1) is 17.9. The molecule has 4 heterocycles. The summed E-state index contributed by atoms with van der Waals surface area (Å²) in [7, 11) is 0. The van der Waals surface area contributed by atoms with Gasteiger partial charge in [-0.25, -0.2) is 4.98 Å². The summed E-state index contributed by atoms with van der Waals surface area (Å²) in [5.41, 5.74) is 7.12. The number of nitrogens with zero attached hydrogens (tertiary/aromatic N) is 2. The maximum atomic E-state index is 13.1. The van der Waals surface area contributed by atoms with Crippen molar-refractivity contribution < 1.29 is 19.1 Å². The number of rotatable bonds is 3. The molecular formula is C21H19N3O4S. The van der Waals surface area contributed by atoms with Crippen LogP contribution < -0.4 is 15.2 Å². The van der Waals surface area contributed by atoms with Gasteiger partial charge in [0.05, 0.1) is 4.88 Å². The van der Waals surface area contributed by atoms with Crippen molar-refractivity contribution in [3.63, 3.8) is 0 Å². The number of hydrogen-bond donors (Lipinski definition) is 1. The van der Waals surface area contributed by atoms with Crippen molar-refractivity contribution in [2.75, 3.05) is 26.3 Å². The summed E-state index contributed by atoms with van der Waals surface area (Å²) >= 11 is 1.32. The van der Waals surface area contributed by atoms with Crippen LogP contribution in [0.25, 0.3) is 10.2 Å². The zero-order chi connectivity index (χ0) is 20.0. The Hall–Kier alpha value is -3.13. The topological polar surface area (TPSA) is 94.8 Å². The van der Waals surface area contributed by atoms with Crippen molar-refractivity contribution in [1.82, 2.24) is 9.88 Å². The molecule has 2 aromatic heterocycles. The van der Waals surface area contributed by atoms with E-state index in [1.165, 1.54) is 11.3 Å². The van der Waals surface area contributed by atoms with Gasteiger partial charge >= 0.3 is 0 Å². The lowest BCUT2D eigenvalue weighted by molar-refractivity contribution is 0.0789. The van der Waals surface area contributed by atoms with Crippen LogP contribution >= 0.6 is 11.3 Å². The van der Waals surface area contributed by atoms with E-state index in [0.29, 0.717) is 48.2 Å². The number of carbonyl (C=O) groups is 2. The molecule has 0 spiro atoms. The van der Waals surface area contributed by atoms with Crippen molar-refractivity contribution in [3.05, 3.63) is 52.5 Å². The number of primary amides is 1. The molecule has 0 radical (unpaired) electrons. The van der Waals surface area contributed by atoms with Gasteiger partial charge in [-0.15, -0.1) is 11.3 Å². The van der Waals surface area contributed by atoms with E-state index in [1.54, 1.807) is 24.4 Å². The summed E-state index contributed by atoms with van der Waals surface area (Å²) in [6.07, 6.45) is 2.48. The van der Waals surface area contributed by atoms with Gasteiger partial charge in [-0.3, -0.25) is 9.59 Å². The quantitative estimate of drug-likeness (QED) is 0.718. The molecule has 7 nitrogen and oxygen atoms in total. The Labute approximate surface area is 171 Å². The molecule has 0 saturated carbocycles. The molecule has 1 unspecified atom stereocenters. The first-order valence-electron chi connectivity index (χ1n) is 9.48. The number of benzene rings is 1. The average molecular weight is 409 g/mol. The number of amides is 2. The molecule has 0 aliphatic carbocycles. The van der Waals surface area contributed by atoms with Crippen molar-refractivity contribution >= 4 is 33.4 Å². The fourth-order valence-corrected chi connectivity index (χ4v) is 5.16. The Morgan fingerprint density at radius 1 is 1.17 bits per heavy atom. The Bertz CT molecular complexity index is 1130. The highest BCUT2D eigenvalue weighted by molar-refractivity contribution is 7.20. The van der Waals surface area contributed by atoms with E-state index in [4.69, 9.17) is 15.2 Å². The molecule has 1 fully saturated rings. The minimum Gasteiger partial charge on any atom is -0.486 e. The van der Waals surface area contributed by atoms with Gasteiger partial charge in [-0.1, -0.05) is 6.07 Å². The number of nitrogens with two attached hydrogens (primary N) is 1. The summed E-state index contributed by atoms with van der Waals surface area (Å²) in [5, 5.41) is 0.949. The number of hydrogen-bond acceptors (Lipinski definition) is 6. The number of likely N-dealkylation sites (tertiary alicyclic amines) is 1. The minimum atomic E-state index is -0.445.